The first-order valence-electron chi connectivity index (χ1n) is 8.22. The van der Waals surface area contributed by atoms with E-state index >= 15 is 0 Å². The van der Waals surface area contributed by atoms with Crippen molar-refractivity contribution in [2.75, 3.05) is 19.5 Å². The van der Waals surface area contributed by atoms with Crippen LogP contribution in [0.5, 0.6) is 11.5 Å². The SMILES string of the molecule is COc1c(NC(=O)c2c(F)cccc2F)ccc(-c2cccc(Cl)c2)c1OC. The highest BCUT2D eigenvalue weighted by Gasteiger charge is 2.22. The van der Waals surface area contributed by atoms with Crippen LogP contribution in [0.3, 0.4) is 0 Å². The number of hydrogen-bond acceptors (Lipinski definition) is 3. The molecule has 0 saturated heterocycles. The number of ether oxygens (including phenoxy) is 2. The van der Waals surface area contributed by atoms with Crippen molar-refractivity contribution in [2.45, 2.75) is 0 Å². The number of halogens is 3. The van der Waals surface area contributed by atoms with Gasteiger partial charge in [0.15, 0.2) is 11.5 Å². The summed E-state index contributed by atoms with van der Waals surface area (Å²) >= 11 is 6.06. The molecule has 0 radical (unpaired) electrons. The van der Waals surface area contributed by atoms with Gasteiger partial charge in [-0.2, -0.15) is 0 Å². The summed E-state index contributed by atoms with van der Waals surface area (Å²) in [6, 6.07) is 13.6. The Morgan fingerprint density at radius 2 is 1.57 bits per heavy atom. The highest BCUT2D eigenvalue weighted by molar-refractivity contribution is 6.30. The maximum atomic E-state index is 13.9. The van der Waals surface area contributed by atoms with E-state index < -0.39 is 23.1 Å². The fraction of sp³-hybridized carbons (Fsp3) is 0.0952. The summed E-state index contributed by atoms with van der Waals surface area (Å²) in [6.45, 7) is 0. The van der Waals surface area contributed by atoms with Crippen LogP contribution >= 0.6 is 11.6 Å². The van der Waals surface area contributed by atoms with Crippen LogP contribution in [0.2, 0.25) is 5.02 Å². The average Bonchev–Trinajstić information content (AvgIpc) is 2.67. The summed E-state index contributed by atoms with van der Waals surface area (Å²) in [4.78, 5) is 12.4. The van der Waals surface area contributed by atoms with Gasteiger partial charge in [0.1, 0.15) is 17.2 Å². The molecule has 0 unspecified atom stereocenters. The summed E-state index contributed by atoms with van der Waals surface area (Å²) in [5, 5.41) is 3.02. The molecule has 0 saturated carbocycles. The van der Waals surface area contributed by atoms with Crippen LogP contribution in [0.15, 0.2) is 54.6 Å². The maximum absolute atomic E-state index is 13.9. The Bertz CT molecular complexity index is 1020. The molecule has 1 amide bonds. The van der Waals surface area contributed by atoms with Crippen molar-refractivity contribution in [3.8, 4) is 22.6 Å². The third kappa shape index (κ3) is 3.77. The van der Waals surface area contributed by atoms with Crippen molar-refractivity contribution in [1.82, 2.24) is 0 Å². The molecule has 0 spiro atoms. The van der Waals surface area contributed by atoms with Crippen LogP contribution in [0.25, 0.3) is 11.1 Å². The zero-order valence-corrected chi connectivity index (χ0v) is 15.8. The Morgan fingerprint density at radius 3 is 2.18 bits per heavy atom. The Balaban J connectivity index is 2.04. The van der Waals surface area contributed by atoms with Crippen molar-refractivity contribution < 1.29 is 23.0 Å². The topological polar surface area (TPSA) is 47.6 Å². The van der Waals surface area contributed by atoms with Gasteiger partial charge < -0.3 is 14.8 Å². The quantitative estimate of drug-likeness (QED) is 0.607. The first kappa shape index (κ1) is 19.6. The van der Waals surface area contributed by atoms with Crippen molar-refractivity contribution in [2.24, 2.45) is 0 Å². The Kier molecular flexibility index (Phi) is 5.80. The fourth-order valence-electron chi connectivity index (χ4n) is 2.85. The molecule has 7 heteroatoms. The predicted molar refractivity (Wildman–Crippen MR) is 104 cm³/mol. The molecule has 0 aliphatic carbocycles. The number of nitrogens with one attached hydrogen (secondary N) is 1. The summed E-state index contributed by atoms with van der Waals surface area (Å²) in [7, 11) is 2.85. The molecule has 0 bridgehead atoms. The lowest BCUT2D eigenvalue weighted by molar-refractivity contribution is 0.101. The van der Waals surface area contributed by atoms with Crippen molar-refractivity contribution in [3.05, 3.63) is 76.8 Å². The number of anilines is 1. The molecule has 3 aromatic carbocycles. The number of carbonyl (C=O) groups excluding carboxylic acids is 1. The van der Waals surface area contributed by atoms with Crippen molar-refractivity contribution >= 4 is 23.2 Å². The van der Waals surface area contributed by atoms with E-state index in [1.54, 1.807) is 30.3 Å². The number of carbonyl (C=O) groups is 1. The first-order valence-corrected chi connectivity index (χ1v) is 8.60. The second-order valence-corrected chi connectivity index (χ2v) is 6.22. The molecule has 0 heterocycles. The standard InChI is InChI=1S/C21H16ClF2NO3/c1-27-19-14(12-5-3-6-13(22)11-12)9-10-17(20(19)28-2)25-21(26)18-15(23)7-4-8-16(18)24/h3-11H,1-2H3,(H,25,26). The van der Waals surface area contributed by atoms with E-state index in [0.717, 1.165) is 17.7 Å². The lowest BCUT2D eigenvalue weighted by Gasteiger charge is -2.17. The monoisotopic (exact) mass is 403 g/mol. The van der Waals surface area contributed by atoms with Gasteiger partial charge in [0, 0.05) is 10.6 Å². The third-order valence-electron chi connectivity index (χ3n) is 4.09. The van der Waals surface area contributed by atoms with E-state index in [0.29, 0.717) is 16.3 Å². The van der Waals surface area contributed by atoms with Crippen LogP contribution in [-0.2, 0) is 0 Å². The van der Waals surface area contributed by atoms with Crippen LogP contribution in [0.4, 0.5) is 14.5 Å². The Hall–Kier alpha value is -3.12. The molecule has 0 aliphatic rings. The van der Waals surface area contributed by atoms with E-state index in [9.17, 15) is 13.6 Å². The second-order valence-electron chi connectivity index (χ2n) is 5.79. The highest BCUT2D eigenvalue weighted by atomic mass is 35.5. The predicted octanol–water partition coefficient (Wildman–Crippen LogP) is 5.55. The van der Waals surface area contributed by atoms with Gasteiger partial charge in [0.2, 0.25) is 0 Å². The van der Waals surface area contributed by atoms with E-state index in [4.69, 9.17) is 21.1 Å². The van der Waals surface area contributed by atoms with E-state index in [1.165, 1.54) is 20.3 Å². The third-order valence-corrected chi connectivity index (χ3v) is 4.33. The summed E-state index contributed by atoms with van der Waals surface area (Å²) < 4.78 is 38.6. The molecule has 144 valence electrons. The first-order chi connectivity index (χ1) is 13.5. The number of amides is 1. The molecule has 3 rings (SSSR count). The number of rotatable bonds is 5. The van der Waals surface area contributed by atoms with E-state index in [-0.39, 0.29) is 11.4 Å². The smallest absolute Gasteiger partial charge is 0.261 e. The lowest BCUT2D eigenvalue weighted by Crippen LogP contribution is -2.16. The van der Waals surface area contributed by atoms with Gasteiger partial charge in [-0.05, 0) is 42.0 Å². The largest absolute Gasteiger partial charge is 0.492 e. The summed E-state index contributed by atoms with van der Waals surface area (Å²) in [5.41, 5.74) is 0.984. The van der Waals surface area contributed by atoms with Crippen LogP contribution in [0, 0.1) is 11.6 Å². The maximum Gasteiger partial charge on any atom is 0.261 e. The van der Waals surface area contributed by atoms with E-state index in [1.807, 2.05) is 6.07 Å². The molecular formula is C21H16ClF2NO3. The molecule has 0 atom stereocenters. The molecule has 3 aromatic rings. The number of methoxy groups -OCH3 is 2. The summed E-state index contributed by atoms with van der Waals surface area (Å²) in [6.07, 6.45) is 0. The molecule has 4 nitrogen and oxygen atoms in total. The fourth-order valence-corrected chi connectivity index (χ4v) is 3.04. The average molecular weight is 404 g/mol. The summed E-state index contributed by atoms with van der Waals surface area (Å²) in [5.74, 6) is -2.30. The van der Waals surface area contributed by atoms with E-state index in [2.05, 4.69) is 5.32 Å². The molecule has 1 N–H and O–H groups in total. The molecular weight excluding hydrogens is 388 g/mol. The zero-order chi connectivity index (χ0) is 20.3. The highest BCUT2D eigenvalue weighted by Crippen LogP contribution is 2.43. The minimum Gasteiger partial charge on any atom is -0.492 e. The van der Waals surface area contributed by atoms with Crippen LogP contribution in [0.1, 0.15) is 10.4 Å². The van der Waals surface area contributed by atoms with Gasteiger partial charge >= 0.3 is 0 Å². The molecule has 0 aliphatic heterocycles. The van der Waals surface area contributed by atoms with Crippen LogP contribution < -0.4 is 14.8 Å². The van der Waals surface area contributed by atoms with Crippen LogP contribution in [-0.4, -0.2) is 20.1 Å². The lowest BCUT2D eigenvalue weighted by atomic mass is 10.0. The van der Waals surface area contributed by atoms with Gasteiger partial charge in [-0.3, -0.25) is 4.79 Å². The zero-order valence-electron chi connectivity index (χ0n) is 15.1. The van der Waals surface area contributed by atoms with Crippen molar-refractivity contribution in [1.29, 1.82) is 0 Å². The minimum atomic E-state index is -0.959. The van der Waals surface area contributed by atoms with Gasteiger partial charge in [-0.1, -0.05) is 29.8 Å². The second kappa shape index (κ2) is 8.27. The number of benzene rings is 3. The van der Waals surface area contributed by atoms with Gasteiger partial charge in [-0.15, -0.1) is 0 Å². The van der Waals surface area contributed by atoms with Crippen molar-refractivity contribution in [3.63, 3.8) is 0 Å². The Labute approximate surface area is 165 Å². The van der Waals surface area contributed by atoms with Gasteiger partial charge in [-0.25, -0.2) is 8.78 Å². The molecule has 28 heavy (non-hydrogen) atoms. The normalized spacial score (nSPS) is 10.5. The van der Waals surface area contributed by atoms with Gasteiger partial charge in [0.25, 0.3) is 5.91 Å². The molecule has 0 fully saturated rings. The molecule has 0 aromatic heterocycles. The van der Waals surface area contributed by atoms with Gasteiger partial charge in [0.05, 0.1) is 19.9 Å². The number of hydrogen-bond donors (Lipinski definition) is 1. The minimum absolute atomic E-state index is 0.206. The Morgan fingerprint density at radius 1 is 0.929 bits per heavy atom.